The van der Waals surface area contributed by atoms with Gasteiger partial charge in [-0.3, -0.25) is 4.79 Å². The highest BCUT2D eigenvalue weighted by molar-refractivity contribution is 5.94. The summed E-state index contributed by atoms with van der Waals surface area (Å²) in [5.41, 5.74) is 5.70. The van der Waals surface area contributed by atoms with E-state index in [1.165, 1.54) is 24.3 Å². The Morgan fingerprint density at radius 3 is 2.55 bits per heavy atom. The van der Waals surface area contributed by atoms with E-state index in [4.69, 9.17) is 5.73 Å². The van der Waals surface area contributed by atoms with Gasteiger partial charge in [0, 0.05) is 18.2 Å². The van der Waals surface area contributed by atoms with Gasteiger partial charge in [0.05, 0.1) is 0 Å². The summed E-state index contributed by atoms with van der Waals surface area (Å²) in [6.07, 6.45) is 0. The van der Waals surface area contributed by atoms with Gasteiger partial charge in [-0.2, -0.15) is 8.78 Å². The molecule has 0 aromatic heterocycles. The minimum Gasteiger partial charge on any atom is -0.435 e. The van der Waals surface area contributed by atoms with E-state index in [2.05, 4.69) is 10.1 Å². The molecule has 0 spiro atoms. The van der Waals surface area contributed by atoms with Crippen molar-refractivity contribution in [1.82, 2.24) is 5.32 Å². The molecule has 0 saturated heterocycles. The van der Waals surface area contributed by atoms with Crippen molar-refractivity contribution in [2.24, 2.45) is 11.1 Å². The van der Waals surface area contributed by atoms with Gasteiger partial charge in [0.25, 0.3) is 5.91 Å². The van der Waals surface area contributed by atoms with E-state index in [1.54, 1.807) is 0 Å². The van der Waals surface area contributed by atoms with Crippen LogP contribution in [-0.4, -0.2) is 25.1 Å². The fourth-order valence-electron chi connectivity index (χ4n) is 1.68. The monoisotopic (exact) mass is 286 g/mol. The van der Waals surface area contributed by atoms with Crippen molar-refractivity contribution in [1.29, 1.82) is 0 Å². The number of halogens is 2. The number of nitrogens with one attached hydrogen (secondary N) is 1. The topological polar surface area (TPSA) is 64.3 Å². The zero-order valence-corrected chi connectivity index (χ0v) is 11.8. The van der Waals surface area contributed by atoms with Crippen molar-refractivity contribution in [2.45, 2.75) is 33.4 Å². The van der Waals surface area contributed by atoms with Gasteiger partial charge < -0.3 is 15.8 Å². The lowest BCUT2D eigenvalue weighted by atomic mass is 9.86. The third-order valence-electron chi connectivity index (χ3n) is 2.91. The molecule has 1 amide bonds. The maximum atomic E-state index is 12.1. The molecule has 0 bridgehead atoms. The average molecular weight is 286 g/mol. The molecule has 0 aliphatic rings. The first-order valence-corrected chi connectivity index (χ1v) is 6.30. The molecule has 6 heteroatoms. The van der Waals surface area contributed by atoms with E-state index in [9.17, 15) is 13.6 Å². The van der Waals surface area contributed by atoms with Crippen molar-refractivity contribution >= 4 is 5.91 Å². The number of hydrogen-bond donors (Lipinski definition) is 2. The number of nitrogens with two attached hydrogens (primary N) is 1. The molecular weight excluding hydrogens is 266 g/mol. The van der Waals surface area contributed by atoms with Crippen LogP contribution in [0.2, 0.25) is 0 Å². The predicted octanol–water partition coefficient (Wildman–Crippen LogP) is 2.39. The average Bonchev–Trinajstić information content (AvgIpc) is 2.33. The van der Waals surface area contributed by atoms with Crippen molar-refractivity contribution in [3.63, 3.8) is 0 Å². The quantitative estimate of drug-likeness (QED) is 0.873. The molecule has 0 radical (unpaired) electrons. The highest BCUT2D eigenvalue weighted by Gasteiger charge is 2.25. The number of carbonyl (C=O) groups excluding carboxylic acids is 1. The smallest absolute Gasteiger partial charge is 0.387 e. The van der Waals surface area contributed by atoms with E-state index in [0.717, 1.165) is 0 Å². The number of alkyl halides is 2. The first-order valence-electron chi connectivity index (χ1n) is 6.30. The fourth-order valence-corrected chi connectivity index (χ4v) is 1.68. The Kier molecular flexibility index (Phi) is 5.44. The van der Waals surface area contributed by atoms with Crippen molar-refractivity contribution in [2.75, 3.05) is 6.54 Å². The Hall–Kier alpha value is -1.69. The zero-order valence-electron chi connectivity index (χ0n) is 11.8. The third kappa shape index (κ3) is 4.77. The largest absolute Gasteiger partial charge is 0.435 e. The second kappa shape index (κ2) is 6.65. The molecule has 1 atom stereocenters. The van der Waals surface area contributed by atoms with Crippen LogP contribution in [0.15, 0.2) is 24.3 Å². The molecule has 0 fully saturated rings. The van der Waals surface area contributed by atoms with Crippen LogP contribution in [0.3, 0.4) is 0 Å². The molecule has 0 aliphatic carbocycles. The number of hydrogen-bond acceptors (Lipinski definition) is 3. The van der Waals surface area contributed by atoms with E-state index in [1.807, 2.05) is 20.8 Å². The SMILES string of the molecule is CC(C)(C)C(CN)NC(=O)c1cccc(OC(F)F)c1. The minimum atomic E-state index is -2.92. The standard InChI is InChI=1S/C14H20F2N2O2/c1-14(2,3)11(8-17)18-12(19)9-5-4-6-10(7-9)20-13(15)16/h4-7,11,13H,8,17H2,1-3H3,(H,18,19). The number of amides is 1. The summed E-state index contributed by atoms with van der Waals surface area (Å²) in [6, 6.07) is 5.45. The van der Waals surface area contributed by atoms with E-state index in [0.29, 0.717) is 6.54 Å². The van der Waals surface area contributed by atoms with Crippen LogP contribution >= 0.6 is 0 Å². The Balaban J connectivity index is 2.82. The molecule has 112 valence electrons. The summed E-state index contributed by atoms with van der Waals surface area (Å²) in [7, 11) is 0. The number of carbonyl (C=O) groups is 1. The van der Waals surface area contributed by atoms with Gasteiger partial charge in [-0.1, -0.05) is 26.8 Å². The highest BCUT2D eigenvalue weighted by Crippen LogP contribution is 2.20. The minimum absolute atomic E-state index is 0.0484. The van der Waals surface area contributed by atoms with Gasteiger partial charge in [0.1, 0.15) is 5.75 Å². The van der Waals surface area contributed by atoms with Crippen LogP contribution in [0.1, 0.15) is 31.1 Å². The number of rotatable bonds is 5. The van der Waals surface area contributed by atoms with E-state index >= 15 is 0 Å². The summed E-state index contributed by atoms with van der Waals surface area (Å²) in [4.78, 5) is 12.1. The second-order valence-corrected chi connectivity index (χ2v) is 5.53. The van der Waals surface area contributed by atoms with Crippen molar-refractivity contribution in [3.05, 3.63) is 29.8 Å². The lowest BCUT2D eigenvalue weighted by Crippen LogP contribution is -2.48. The van der Waals surface area contributed by atoms with Gasteiger partial charge >= 0.3 is 6.61 Å². The van der Waals surface area contributed by atoms with Crippen molar-refractivity contribution < 1.29 is 18.3 Å². The van der Waals surface area contributed by atoms with E-state index in [-0.39, 0.29) is 28.7 Å². The lowest BCUT2D eigenvalue weighted by Gasteiger charge is -2.30. The zero-order chi connectivity index (χ0) is 15.3. The Morgan fingerprint density at radius 1 is 1.40 bits per heavy atom. The molecule has 4 nitrogen and oxygen atoms in total. The summed E-state index contributed by atoms with van der Waals surface area (Å²) in [5.74, 6) is -0.414. The Labute approximate surface area is 117 Å². The van der Waals surface area contributed by atoms with E-state index < -0.39 is 6.61 Å². The first-order chi connectivity index (χ1) is 9.24. The van der Waals surface area contributed by atoms with Crippen LogP contribution in [0.25, 0.3) is 0 Å². The van der Waals surface area contributed by atoms with Crippen LogP contribution in [-0.2, 0) is 0 Å². The van der Waals surface area contributed by atoms with Crippen molar-refractivity contribution in [3.8, 4) is 5.75 Å². The highest BCUT2D eigenvalue weighted by atomic mass is 19.3. The molecule has 1 rings (SSSR count). The molecule has 1 aromatic carbocycles. The lowest BCUT2D eigenvalue weighted by molar-refractivity contribution is -0.0498. The van der Waals surface area contributed by atoms with Gasteiger partial charge in [0.2, 0.25) is 0 Å². The number of ether oxygens (including phenoxy) is 1. The Morgan fingerprint density at radius 2 is 2.05 bits per heavy atom. The molecule has 1 aromatic rings. The fraction of sp³-hybridized carbons (Fsp3) is 0.500. The maximum absolute atomic E-state index is 12.1. The van der Waals surface area contributed by atoms with Crippen LogP contribution in [0.5, 0.6) is 5.75 Å². The Bertz CT molecular complexity index is 459. The molecule has 1 unspecified atom stereocenters. The second-order valence-electron chi connectivity index (χ2n) is 5.53. The first kappa shape index (κ1) is 16.4. The molecule has 0 aliphatic heterocycles. The van der Waals surface area contributed by atoms with Gasteiger partial charge in [0.15, 0.2) is 0 Å². The molecular formula is C14H20F2N2O2. The normalized spacial score (nSPS) is 13.2. The van der Waals surface area contributed by atoms with Crippen LogP contribution in [0.4, 0.5) is 8.78 Å². The summed E-state index contributed by atoms with van der Waals surface area (Å²) in [5, 5.41) is 2.80. The van der Waals surface area contributed by atoms with Gasteiger partial charge in [-0.25, -0.2) is 0 Å². The van der Waals surface area contributed by atoms with Gasteiger partial charge in [-0.05, 0) is 23.6 Å². The summed E-state index contributed by atoms with van der Waals surface area (Å²) >= 11 is 0. The molecule has 20 heavy (non-hydrogen) atoms. The maximum Gasteiger partial charge on any atom is 0.387 e. The predicted molar refractivity (Wildman–Crippen MR) is 72.8 cm³/mol. The summed E-state index contributed by atoms with van der Waals surface area (Å²) < 4.78 is 28.5. The molecule has 0 saturated carbocycles. The number of benzene rings is 1. The van der Waals surface area contributed by atoms with Crippen LogP contribution < -0.4 is 15.8 Å². The molecule has 0 heterocycles. The van der Waals surface area contributed by atoms with Crippen LogP contribution in [0, 0.1) is 5.41 Å². The van der Waals surface area contributed by atoms with Gasteiger partial charge in [-0.15, -0.1) is 0 Å². The third-order valence-corrected chi connectivity index (χ3v) is 2.91. The molecule has 3 N–H and O–H groups in total. The summed E-state index contributed by atoms with van der Waals surface area (Å²) in [6.45, 7) is 3.26.